The Hall–Kier alpha value is -3.00. The quantitative estimate of drug-likeness (QED) is 0.572. The molecule has 0 spiro atoms. The first kappa shape index (κ1) is 16.2. The van der Waals surface area contributed by atoms with Gasteiger partial charge in [-0.2, -0.15) is 5.10 Å². The molecule has 1 fully saturated rings. The summed E-state index contributed by atoms with van der Waals surface area (Å²) in [6.07, 6.45) is 3.57. The number of fused-ring (bicyclic) bond motifs is 2. The summed E-state index contributed by atoms with van der Waals surface area (Å²) in [5, 5.41) is 12.1. The maximum Gasteiger partial charge on any atom is 0.272 e. The van der Waals surface area contributed by atoms with E-state index in [1.807, 2.05) is 36.4 Å². The zero-order chi connectivity index (χ0) is 18.2. The number of aromatic nitrogens is 4. The lowest BCUT2D eigenvalue weighted by Gasteiger charge is -2.31. The van der Waals surface area contributed by atoms with Gasteiger partial charge in [0, 0.05) is 30.7 Å². The van der Waals surface area contributed by atoms with Gasteiger partial charge < -0.3 is 10.2 Å². The monoisotopic (exact) mass is 378 g/mol. The Balaban J connectivity index is 1.24. The number of piperidine rings is 1. The van der Waals surface area contributed by atoms with Gasteiger partial charge in [-0.3, -0.25) is 9.89 Å². The zero-order valence-corrected chi connectivity index (χ0v) is 15.4. The summed E-state index contributed by atoms with van der Waals surface area (Å²) in [5.41, 5.74) is 2.28. The summed E-state index contributed by atoms with van der Waals surface area (Å²) < 4.78 is 0. The molecular weight excluding hydrogens is 360 g/mol. The lowest BCUT2D eigenvalue weighted by molar-refractivity contribution is 0.0927. The van der Waals surface area contributed by atoms with Crippen molar-refractivity contribution in [3.8, 4) is 0 Å². The Morgan fingerprint density at radius 3 is 2.89 bits per heavy atom. The molecule has 0 aliphatic carbocycles. The molecule has 1 saturated heterocycles. The number of amides is 1. The molecule has 1 aliphatic rings. The van der Waals surface area contributed by atoms with Gasteiger partial charge in [0.25, 0.3) is 5.91 Å². The van der Waals surface area contributed by atoms with Gasteiger partial charge in [-0.15, -0.1) is 0 Å². The van der Waals surface area contributed by atoms with Gasteiger partial charge in [-0.25, -0.2) is 9.97 Å². The fourth-order valence-electron chi connectivity index (χ4n) is 3.50. The Bertz CT molecular complexity index is 1080. The third-order valence-electron chi connectivity index (χ3n) is 4.94. The highest BCUT2D eigenvalue weighted by molar-refractivity contribution is 7.21. The molecule has 136 valence electrons. The number of H-pyrrole nitrogens is 1. The van der Waals surface area contributed by atoms with Crippen LogP contribution in [0.25, 0.3) is 21.3 Å². The number of thiazole rings is 1. The van der Waals surface area contributed by atoms with Crippen molar-refractivity contribution >= 4 is 43.6 Å². The molecule has 8 heteroatoms. The number of nitrogens with one attached hydrogen (secondary N) is 2. The number of nitrogens with zero attached hydrogens (tertiary/aromatic N) is 4. The van der Waals surface area contributed by atoms with Crippen LogP contribution in [-0.2, 0) is 0 Å². The highest BCUT2D eigenvalue weighted by atomic mass is 32.1. The van der Waals surface area contributed by atoms with E-state index in [2.05, 4.69) is 30.4 Å². The third kappa shape index (κ3) is 3.02. The normalized spacial score (nSPS) is 15.5. The average Bonchev–Trinajstić information content (AvgIpc) is 3.33. The summed E-state index contributed by atoms with van der Waals surface area (Å²) >= 11 is 1.62. The van der Waals surface area contributed by atoms with Crippen LogP contribution in [-0.4, -0.2) is 45.2 Å². The standard InChI is InChI=1S/C19H18N6OS/c26-17(16-13-4-1-2-5-14(13)23-24-16)21-12-7-10-25(11-8-12)19-22-15-6-3-9-20-18(15)27-19/h1-6,9,12H,7-8,10-11H2,(H,21,26)(H,23,24). The molecular formula is C19H18N6OS. The van der Waals surface area contributed by atoms with Gasteiger partial charge in [0.1, 0.15) is 10.3 Å². The van der Waals surface area contributed by atoms with E-state index in [1.54, 1.807) is 17.5 Å². The first-order chi connectivity index (χ1) is 13.3. The predicted molar refractivity (Wildman–Crippen MR) is 106 cm³/mol. The van der Waals surface area contributed by atoms with Crippen molar-refractivity contribution in [2.24, 2.45) is 0 Å². The SMILES string of the molecule is O=C(NC1CCN(c2nc3cccnc3s2)CC1)c1n[nH]c2ccccc12. The van der Waals surface area contributed by atoms with Crippen LogP contribution in [0.3, 0.4) is 0 Å². The molecule has 3 aromatic heterocycles. The van der Waals surface area contributed by atoms with Gasteiger partial charge in [0.15, 0.2) is 10.8 Å². The molecule has 0 saturated carbocycles. The van der Waals surface area contributed by atoms with E-state index < -0.39 is 0 Å². The largest absolute Gasteiger partial charge is 0.348 e. The van der Waals surface area contributed by atoms with Crippen LogP contribution in [0.1, 0.15) is 23.3 Å². The minimum Gasteiger partial charge on any atom is -0.348 e. The summed E-state index contributed by atoms with van der Waals surface area (Å²) in [6, 6.07) is 11.7. The van der Waals surface area contributed by atoms with Crippen LogP contribution in [0.2, 0.25) is 0 Å². The number of carbonyl (C=O) groups is 1. The van der Waals surface area contributed by atoms with Gasteiger partial charge in [0.2, 0.25) is 0 Å². The second-order valence-electron chi connectivity index (χ2n) is 6.68. The molecule has 0 atom stereocenters. The molecule has 4 aromatic rings. The second kappa shape index (κ2) is 6.62. The highest BCUT2D eigenvalue weighted by Crippen LogP contribution is 2.29. The van der Waals surface area contributed by atoms with Crippen molar-refractivity contribution < 1.29 is 4.79 Å². The maximum atomic E-state index is 12.6. The van der Waals surface area contributed by atoms with E-state index in [0.29, 0.717) is 5.69 Å². The molecule has 4 heterocycles. The summed E-state index contributed by atoms with van der Waals surface area (Å²) in [5.74, 6) is -0.116. The first-order valence-electron chi connectivity index (χ1n) is 8.98. The van der Waals surface area contributed by atoms with E-state index >= 15 is 0 Å². The molecule has 1 amide bonds. The molecule has 27 heavy (non-hydrogen) atoms. The summed E-state index contributed by atoms with van der Waals surface area (Å²) in [4.78, 5) is 24.9. The van der Waals surface area contributed by atoms with Crippen LogP contribution in [0.5, 0.6) is 0 Å². The van der Waals surface area contributed by atoms with E-state index in [4.69, 9.17) is 0 Å². The van der Waals surface area contributed by atoms with Crippen molar-refractivity contribution in [2.75, 3.05) is 18.0 Å². The number of hydrogen-bond acceptors (Lipinski definition) is 6. The van der Waals surface area contributed by atoms with Gasteiger partial charge in [0.05, 0.1) is 5.52 Å². The Kier molecular flexibility index (Phi) is 3.97. The summed E-state index contributed by atoms with van der Waals surface area (Å²) in [7, 11) is 0. The number of anilines is 1. The number of aromatic amines is 1. The van der Waals surface area contributed by atoms with Crippen LogP contribution >= 0.6 is 11.3 Å². The fraction of sp³-hybridized carbons (Fsp3) is 0.263. The van der Waals surface area contributed by atoms with Crippen LogP contribution < -0.4 is 10.2 Å². The van der Waals surface area contributed by atoms with Crippen LogP contribution in [0.4, 0.5) is 5.13 Å². The third-order valence-corrected chi connectivity index (χ3v) is 5.98. The van der Waals surface area contributed by atoms with E-state index in [1.165, 1.54) is 0 Å². The average molecular weight is 378 g/mol. The van der Waals surface area contributed by atoms with Gasteiger partial charge >= 0.3 is 0 Å². The number of carbonyl (C=O) groups excluding carboxylic acids is 1. The number of pyridine rings is 1. The molecule has 7 nitrogen and oxygen atoms in total. The minimum absolute atomic E-state index is 0.116. The van der Waals surface area contributed by atoms with Gasteiger partial charge in [-0.05, 0) is 31.0 Å². The number of hydrogen-bond donors (Lipinski definition) is 2. The molecule has 5 rings (SSSR count). The molecule has 0 radical (unpaired) electrons. The molecule has 1 aliphatic heterocycles. The minimum atomic E-state index is -0.116. The van der Waals surface area contributed by atoms with Crippen molar-refractivity contribution in [1.29, 1.82) is 0 Å². The maximum absolute atomic E-state index is 12.6. The van der Waals surface area contributed by atoms with Crippen molar-refractivity contribution in [3.05, 3.63) is 48.3 Å². The van der Waals surface area contributed by atoms with Crippen LogP contribution in [0, 0.1) is 0 Å². The fourth-order valence-corrected chi connectivity index (χ4v) is 4.46. The topological polar surface area (TPSA) is 86.8 Å². The first-order valence-corrected chi connectivity index (χ1v) is 9.80. The smallest absolute Gasteiger partial charge is 0.272 e. The Morgan fingerprint density at radius 2 is 2.04 bits per heavy atom. The zero-order valence-electron chi connectivity index (χ0n) is 14.6. The van der Waals surface area contributed by atoms with E-state index in [-0.39, 0.29) is 11.9 Å². The van der Waals surface area contributed by atoms with Crippen LogP contribution in [0.15, 0.2) is 42.6 Å². The van der Waals surface area contributed by atoms with Crippen molar-refractivity contribution in [3.63, 3.8) is 0 Å². The van der Waals surface area contributed by atoms with E-state index in [9.17, 15) is 4.79 Å². The summed E-state index contributed by atoms with van der Waals surface area (Å²) in [6.45, 7) is 1.73. The molecule has 1 aromatic carbocycles. The second-order valence-corrected chi connectivity index (χ2v) is 7.63. The highest BCUT2D eigenvalue weighted by Gasteiger charge is 2.24. The molecule has 2 N–H and O–H groups in total. The van der Waals surface area contributed by atoms with E-state index in [0.717, 1.165) is 52.3 Å². The van der Waals surface area contributed by atoms with Crippen molar-refractivity contribution in [2.45, 2.75) is 18.9 Å². The lowest BCUT2D eigenvalue weighted by Crippen LogP contribution is -2.44. The lowest BCUT2D eigenvalue weighted by atomic mass is 10.1. The van der Waals surface area contributed by atoms with Gasteiger partial charge in [-0.1, -0.05) is 29.5 Å². The molecule has 0 bridgehead atoms. The number of rotatable bonds is 3. The predicted octanol–water partition coefficient (Wildman–Crippen LogP) is 2.97. The number of benzene rings is 1. The Morgan fingerprint density at radius 1 is 1.19 bits per heavy atom. The molecule has 0 unspecified atom stereocenters. The Labute approximate surface area is 159 Å². The van der Waals surface area contributed by atoms with Crippen molar-refractivity contribution in [1.82, 2.24) is 25.5 Å². The number of para-hydroxylation sites is 1.